The summed E-state index contributed by atoms with van der Waals surface area (Å²) in [7, 11) is 0. The third-order valence-electron chi connectivity index (χ3n) is 3.79. The van der Waals surface area contributed by atoms with E-state index in [1.54, 1.807) is 0 Å². The third kappa shape index (κ3) is 2.74. The van der Waals surface area contributed by atoms with Crippen molar-refractivity contribution in [2.45, 2.75) is 12.3 Å². The van der Waals surface area contributed by atoms with Gasteiger partial charge in [0.2, 0.25) is 0 Å². The number of nitrogen functional groups attached to an aromatic ring is 1. The Morgan fingerprint density at radius 2 is 1.90 bits per heavy atom. The predicted octanol–water partition coefficient (Wildman–Crippen LogP) is 2.67. The fourth-order valence-corrected chi connectivity index (χ4v) is 2.77. The van der Waals surface area contributed by atoms with Gasteiger partial charge < -0.3 is 16.2 Å². The molecule has 1 heterocycles. The van der Waals surface area contributed by atoms with Crippen molar-refractivity contribution in [3.8, 4) is 5.75 Å². The molecular formula is C16H19ClN2O. The lowest BCUT2D eigenvalue weighted by atomic mass is 9.87. The third-order valence-corrected chi connectivity index (χ3v) is 3.79. The minimum atomic E-state index is 0. The van der Waals surface area contributed by atoms with E-state index in [0.29, 0.717) is 5.69 Å². The zero-order valence-corrected chi connectivity index (χ0v) is 12.0. The first kappa shape index (κ1) is 14.7. The van der Waals surface area contributed by atoms with Crippen molar-refractivity contribution in [2.75, 3.05) is 18.8 Å². The Kier molecular flexibility index (Phi) is 4.53. The Hall–Kier alpha value is -1.71. The second-order valence-electron chi connectivity index (χ2n) is 5.03. The second-order valence-corrected chi connectivity index (χ2v) is 5.03. The highest BCUT2D eigenvalue weighted by Gasteiger charge is 2.21. The van der Waals surface area contributed by atoms with Crippen LogP contribution in [0.25, 0.3) is 0 Å². The van der Waals surface area contributed by atoms with Crippen LogP contribution in [0, 0.1) is 0 Å². The molecule has 1 aliphatic heterocycles. The number of fused-ring (bicyclic) bond motifs is 1. The van der Waals surface area contributed by atoms with E-state index < -0.39 is 0 Å². The van der Waals surface area contributed by atoms with Gasteiger partial charge in [0.05, 0.1) is 5.69 Å². The molecule has 0 aromatic heterocycles. The van der Waals surface area contributed by atoms with Crippen molar-refractivity contribution in [1.29, 1.82) is 0 Å². The maximum atomic E-state index is 9.89. The average Bonchev–Trinajstić information content (AvgIpc) is 2.63. The Morgan fingerprint density at radius 3 is 2.65 bits per heavy atom. The molecular weight excluding hydrogens is 272 g/mol. The van der Waals surface area contributed by atoms with Crippen LogP contribution in [-0.2, 0) is 6.42 Å². The first-order valence-electron chi connectivity index (χ1n) is 6.62. The van der Waals surface area contributed by atoms with E-state index in [9.17, 15) is 5.11 Å². The highest BCUT2D eigenvalue weighted by Crippen LogP contribution is 2.34. The number of phenols is 1. The molecule has 0 saturated heterocycles. The molecule has 0 amide bonds. The summed E-state index contributed by atoms with van der Waals surface area (Å²) in [5.74, 6) is 0.451. The summed E-state index contributed by atoms with van der Waals surface area (Å²) in [4.78, 5) is 0. The molecule has 0 fully saturated rings. The molecule has 0 saturated carbocycles. The Balaban J connectivity index is 0.00000147. The normalized spacial score (nSPS) is 17.7. The van der Waals surface area contributed by atoms with Crippen molar-refractivity contribution >= 4 is 18.1 Å². The van der Waals surface area contributed by atoms with E-state index in [1.165, 1.54) is 16.7 Å². The molecule has 1 unspecified atom stereocenters. The van der Waals surface area contributed by atoms with E-state index >= 15 is 0 Å². The summed E-state index contributed by atoms with van der Waals surface area (Å²) < 4.78 is 0. The minimum absolute atomic E-state index is 0. The minimum Gasteiger partial charge on any atom is -0.506 e. The van der Waals surface area contributed by atoms with Crippen molar-refractivity contribution in [3.63, 3.8) is 0 Å². The van der Waals surface area contributed by atoms with Gasteiger partial charge >= 0.3 is 0 Å². The first-order valence-corrected chi connectivity index (χ1v) is 6.62. The Bertz CT molecular complexity index is 587. The van der Waals surface area contributed by atoms with Crippen LogP contribution in [0.15, 0.2) is 42.5 Å². The molecule has 0 aliphatic carbocycles. The number of benzene rings is 2. The number of anilines is 1. The average molecular weight is 291 g/mol. The van der Waals surface area contributed by atoms with Crippen LogP contribution in [0.5, 0.6) is 5.75 Å². The summed E-state index contributed by atoms with van der Waals surface area (Å²) in [6, 6.07) is 14.1. The van der Waals surface area contributed by atoms with E-state index in [2.05, 4.69) is 29.6 Å². The maximum Gasteiger partial charge on any atom is 0.138 e. The fraction of sp³-hybridized carbons (Fsp3) is 0.250. The van der Waals surface area contributed by atoms with Crippen molar-refractivity contribution in [1.82, 2.24) is 5.32 Å². The Labute approximate surface area is 125 Å². The summed E-state index contributed by atoms with van der Waals surface area (Å²) in [6.45, 7) is 1.83. The molecule has 0 spiro atoms. The molecule has 2 aromatic rings. The van der Waals surface area contributed by atoms with Crippen LogP contribution in [0.1, 0.15) is 22.6 Å². The number of hydrogen-bond donors (Lipinski definition) is 3. The van der Waals surface area contributed by atoms with Gasteiger partial charge in [-0.05, 0) is 41.8 Å². The van der Waals surface area contributed by atoms with Crippen molar-refractivity contribution < 1.29 is 5.11 Å². The van der Waals surface area contributed by atoms with Crippen LogP contribution in [0.3, 0.4) is 0 Å². The number of hydrogen-bond acceptors (Lipinski definition) is 3. The number of phenolic OH excluding ortho intramolecular Hbond substituents is 1. The Morgan fingerprint density at radius 1 is 1.15 bits per heavy atom. The van der Waals surface area contributed by atoms with Gasteiger partial charge in [-0.3, -0.25) is 0 Å². The number of nitrogens with one attached hydrogen (secondary N) is 1. The van der Waals surface area contributed by atoms with E-state index in [1.807, 2.05) is 18.2 Å². The molecule has 0 radical (unpaired) electrons. The van der Waals surface area contributed by atoms with Crippen LogP contribution in [-0.4, -0.2) is 18.2 Å². The molecule has 4 heteroatoms. The molecule has 3 rings (SSSR count). The molecule has 106 valence electrons. The molecule has 2 aromatic carbocycles. The number of nitrogens with two attached hydrogens (primary N) is 1. The molecule has 0 bridgehead atoms. The van der Waals surface area contributed by atoms with E-state index in [4.69, 9.17) is 5.73 Å². The highest BCUT2D eigenvalue weighted by molar-refractivity contribution is 5.85. The maximum absolute atomic E-state index is 9.89. The summed E-state index contributed by atoms with van der Waals surface area (Å²) in [5.41, 5.74) is 9.95. The predicted molar refractivity (Wildman–Crippen MR) is 84.6 cm³/mol. The van der Waals surface area contributed by atoms with E-state index in [0.717, 1.165) is 19.5 Å². The van der Waals surface area contributed by atoms with Crippen LogP contribution in [0.2, 0.25) is 0 Å². The van der Waals surface area contributed by atoms with Gasteiger partial charge in [0, 0.05) is 12.5 Å². The lowest BCUT2D eigenvalue weighted by Gasteiger charge is -2.19. The van der Waals surface area contributed by atoms with Crippen LogP contribution in [0.4, 0.5) is 5.69 Å². The lowest BCUT2D eigenvalue weighted by molar-refractivity contribution is 0.476. The zero-order valence-electron chi connectivity index (χ0n) is 11.2. The van der Waals surface area contributed by atoms with Gasteiger partial charge in [-0.1, -0.05) is 30.3 Å². The summed E-state index contributed by atoms with van der Waals surface area (Å²) >= 11 is 0. The van der Waals surface area contributed by atoms with Gasteiger partial charge in [-0.15, -0.1) is 12.4 Å². The van der Waals surface area contributed by atoms with Gasteiger partial charge in [-0.2, -0.15) is 0 Å². The zero-order chi connectivity index (χ0) is 13.2. The summed E-state index contributed by atoms with van der Waals surface area (Å²) in [5, 5.41) is 13.3. The first-order chi connectivity index (χ1) is 9.25. The monoisotopic (exact) mass is 290 g/mol. The quantitative estimate of drug-likeness (QED) is 0.559. The van der Waals surface area contributed by atoms with Crippen LogP contribution < -0.4 is 11.1 Å². The SMILES string of the molecule is Cl.Nc1cc2c(cc1O)C(c1ccccc1)CNCC2. The highest BCUT2D eigenvalue weighted by atomic mass is 35.5. The van der Waals surface area contributed by atoms with Crippen molar-refractivity contribution in [2.24, 2.45) is 0 Å². The lowest BCUT2D eigenvalue weighted by Crippen LogP contribution is -2.20. The fourth-order valence-electron chi connectivity index (χ4n) is 2.77. The largest absolute Gasteiger partial charge is 0.506 e. The molecule has 4 N–H and O–H groups in total. The summed E-state index contributed by atoms with van der Waals surface area (Å²) in [6.07, 6.45) is 0.948. The van der Waals surface area contributed by atoms with Gasteiger partial charge in [0.25, 0.3) is 0 Å². The van der Waals surface area contributed by atoms with Gasteiger partial charge in [0.15, 0.2) is 0 Å². The topological polar surface area (TPSA) is 58.3 Å². The second kappa shape index (κ2) is 6.16. The number of rotatable bonds is 1. The molecule has 3 nitrogen and oxygen atoms in total. The molecule has 1 aliphatic rings. The number of halogens is 1. The smallest absolute Gasteiger partial charge is 0.138 e. The number of aromatic hydroxyl groups is 1. The standard InChI is InChI=1S/C16H18N2O.ClH/c17-15-8-12-6-7-18-10-14(13(12)9-16(15)19)11-4-2-1-3-5-11;/h1-5,8-9,14,18-19H,6-7,10,17H2;1H. The van der Waals surface area contributed by atoms with Gasteiger partial charge in [0.1, 0.15) is 5.75 Å². The molecule has 1 atom stereocenters. The van der Waals surface area contributed by atoms with E-state index in [-0.39, 0.29) is 24.1 Å². The van der Waals surface area contributed by atoms with Gasteiger partial charge in [-0.25, -0.2) is 0 Å². The van der Waals surface area contributed by atoms with Crippen LogP contribution >= 0.6 is 12.4 Å². The van der Waals surface area contributed by atoms with Crippen molar-refractivity contribution in [3.05, 3.63) is 59.2 Å². The molecule has 20 heavy (non-hydrogen) atoms.